The number of halogens is 1. The van der Waals surface area contributed by atoms with Crippen molar-refractivity contribution in [2.75, 3.05) is 6.61 Å². The minimum atomic E-state index is -0.590. The molecule has 17 heavy (non-hydrogen) atoms. The number of rotatable bonds is 4. The summed E-state index contributed by atoms with van der Waals surface area (Å²) in [5.74, 6) is 0.330. The van der Waals surface area contributed by atoms with E-state index in [1.54, 1.807) is 6.07 Å². The van der Waals surface area contributed by atoms with E-state index in [0.717, 1.165) is 6.07 Å². The third-order valence-electron chi connectivity index (χ3n) is 1.94. The number of nitrogens with zero attached hydrogens (tertiary/aromatic N) is 2. The molecule has 0 aliphatic rings. The van der Waals surface area contributed by atoms with Crippen LogP contribution in [0.3, 0.4) is 0 Å². The molecule has 0 unspecified atom stereocenters. The molecular weight excluding hydrogens is 244 g/mol. The first-order valence-corrected chi connectivity index (χ1v) is 5.34. The largest absolute Gasteiger partial charge is 0.487 e. The highest BCUT2D eigenvalue weighted by molar-refractivity contribution is 6.32. The number of hydrogen-bond acceptors (Lipinski definition) is 4. The fraction of sp³-hybridized carbons (Fsp3) is 0.364. The van der Waals surface area contributed by atoms with Gasteiger partial charge in [0.25, 0.3) is 0 Å². The van der Waals surface area contributed by atoms with Crippen molar-refractivity contribution in [3.63, 3.8) is 0 Å². The Bertz CT molecular complexity index is 480. The molecule has 0 aromatic heterocycles. The van der Waals surface area contributed by atoms with Crippen LogP contribution in [0.4, 0.5) is 5.69 Å². The zero-order valence-electron chi connectivity index (χ0n) is 9.44. The Morgan fingerprint density at radius 2 is 2.24 bits per heavy atom. The van der Waals surface area contributed by atoms with Gasteiger partial charge in [0.1, 0.15) is 6.07 Å². The number of benzene rings is 1. The maximum Gasteiger partial charge on any atom is 0.312 e. The summed E-state index contributed by atoms with van der Waals surface area (Å²) in [7, 11) is 0. The smallest absolute Gasteiger partial charge is 0.312 e. The van der Waals surface area contributed by atoms with Gasteiger partial charge in [-0.2, -0.15) is 5.26 Å². The highest BCUT2D eigenvalue weighted by atomic mass is 35.5. The summed E-state index contributed by atoms with van der Waals surface area (Å²) in [6, 6.07) is 4.22. The van der Waals surface area contributed by atoms with Gasteiger partial charge >= 0.3 is 5.69 Å². The molecule has 1 aromatic rings. The van der Waals surface area contributed by atoms with E-state index < -0.39 is 4.92 Å². The highest BCUT2D eigenvalue weighted by Gasteiger charge is 2.19. The zero-order chi connectivity index (χ0) is 13.0. The quantitative estimate of drug-likeness (QED) is 0.611. The second kappa shape index (κ2) is 5.51. The zero-order valence-corrected chi connectivity index (χ0v) is 10.2. The highest BCUT2D eigenvalue weighted by Crippen LogP contribution is 2.33. The second-order valence-electron chi connectivity index (χ2n) is 3.87. The number of nitriles is 1. The predicted molar refractivity (Wildman–Crippen MR) is 63.2 cm³/mol. The first kappa shape index (κ1) is 13.3. The van der Waals surface area contributed by atoms with Crippen molar-refractivity contribution in [3.8, 4) is 11.8 Å². The average Bonchev–Trinajstić information content (AvgIpc) is 2.25. The van der Waals surface area contributed by atoms with Gasteiger partial charge < -0.3 is 4.74 Å². The molecule has 1 rings (SSSR count). The minimum Gasteiger partial charge on any atom is -0.487 e. The monoisotopic (exact) mass is 254 g/mol. The lowest BCUT2D eigenvalue weighted by Crippen LogP contribution is -2.06. The van der Waals surface area contributed by atoms with Crippen molar-refractivity contribution in [2.24, 2.45) is 5.92 Å². The molecule has 0 saturated heterocycles. The van der Waals surface area contributed by atoms with Gasteiger partial charge in [-0.1, -0.05) is 25.4 Å². The SMILES string of the molecule is CC(C)COc1cc(Cl)c(C#N)cc1[N+](=O)[O-]. The van der Waals surface area contributed by atoms with Crippen LogP contribution < -0.4 is 4.74 Å². The molecular formula is C11H11ClN2O3. The van der Waals surface area contributed by atoms with Gasteiger partial charge in [0.15, 0.2) is 5.75 Å². The van der Waals surface area contributed by atoms with Gasteiger partial charge in [-0.25, -0.2) is 0 Å². The van der Waals surface area contributed by atoms with Crippen LogP contribution in [0, 0.1) is 27.4 Å². The number of ether oxygens (including phenoxy) is 1. The van der Waals surface area contributed by atoms with Crippen molar-refractivity contribution in [2.45, 2.75) is 13.8 Å². The third kappa shape index (κ3) is 3.33. The van der Waals surface area contributed by atoms with Gasteiger partial charge in [-0.3, -0.25) is 10.1 Å². The lowest BCUT2D eigenvalue weighted by Gasteiger charge is -2.09. The normalized spacial score (nSPS) is 10.1. The van der Waals surface area contributed by atoms with E-state index in [9.17, 15) is 10.1 Å². The molecule has 90 valence electrons. The van der Waals surface area contributed by atoms with Gasteiger partial charge in [-0.15, -0.1) is 0 Å². The Kier molecular flexibility index (Phi) is 4.30. The Balaban J connectivity index is 3.15. The Morgan fingerprint density at radius 3 is 2.71 bits per heavy atom. The molecule has 0 saturated carbocycles. The summed E-state index contributed by atoms with van der Waals surface area (Å²) >= 11 is 5.80. The van der Waals surface area contributed by atoms with Crippen LogP contribution in [0.1, 0.15) is 19.4 Å². The van der Waals surface area contributed by atoms with Crippen LogP contribution in [0.2, 0.25) is 5.02 Å². The number of hydrogen-bond donors (Lipinski definition) is 0. The maximum atomic E-state index is 10.8. The summed E-state index contributed by atoms with van der Waals surface area (Å²) in [6.45, 7) is 4.21. The molecule has 0 spiro atoms. The molecule has 0 amide bonds. The van der Waals surface area contributed by atoms with Gasteiger partial charge in [-0.05, 0) is 5.92 Å². The molecule has 0 aliphatic heterocycles. The molecule has 0 heterocycles. The van der Waals surface area contributed by atoms with Crippen molar-refractivity contribution in [1.29, 1.82) is 5.26 Å². The number of nitro benzene ring substituents is 1. The fourth-order valence-corrected chi connectivity index (χ4v) is 1.34. The van der Waals surface area contributed by atoms with Crippen molar-refractivity contribution in [3.05, 3.63) is 32.8 Å². The maximum absolute atomic E-state index is 10.8. The lowest BCUT2D eigenvalue weighted by atomic mass is 10.2. The van der Waals surface area contributed by atoms with Crippen molar-refractivity contribution in [1.82, 2.24) is 0 Å². The van der Waals surface area contributed by atoms with Crippen LogP contribution in [-0.4, -0.2) is 11.5 Å². The van der Waals surface area contributed by atoms with Gasteiger partial charge in [0, 0.05) is 12.1 Å². The summed E-state index contributed by atoms with van der Waals surface area (Å²) in [5, 5.41) is 19.7. The molecule has 0 fully saturated rings. The third-order valence-corrected chi connectivity index (χ3v) is 2.25. The van der Waals surface area contributed by atoms with Crippen LogP contribution in [0.5, 0.6) is 5.75 Å². The molecule has 6 heteroatoms. The van der Waals surface area contributed by atoms with Gasteiger partial charge in [0.05, 0.1) is 22.1 Å². The van der Waals surface area contributed by atoms with E-state index in [1.807, 2.05) is 13.8 Å². The topological polar surface area (TPSA) is 76.2 Å². The Hall–Kier alpha value is -1.80. The first-order chi connectivity index (χ1) is 7.95. The second-order valence-corrected chi connectivity index (χ2v) is 4.28. The van der Waals surface area contributed by atoms with Crippen molar-refractivity contribution < 1.29 is 9.66 Å². The minimum absolute atomic E-state index is 0.0651. The molecule has 0 bridgehead atoms. The van der Waals surface area contributed by atoms with Crippen LogP contribution in [0.25, 0.3) is 0 Å². The predicted octanol–water partition coefficient (Wildman–Crippen LogP) is 3.15. The standard InChI is InChI=1S/C11H11ClN2O3/c1-7(2)6-17-11-4-9(12)8(5-13)3-10(11)14(15)16/h3-4,7H,6H2,1-2H3. The van der Waals surface area contributed by atoms with E-state index >= 15 is 0 Å². The van der Waals surface area contributed by atoms with Crippen LogP contribution >= 0.6 is 11.6 Å². The molecule has 5 nitrogen and oxygen atoms in total. The molecule has 0 N–H and O–H groups in total. The lowest BCUT2D eigenvalue weighted by molar-refractivity contribution is -0.385. The summed E-state index contributed by atoms with van der Waals surface area (Å²) in [5.41, 5.74) is -0.179. The van der Waals surface area contributed by atoms with Crippen molar-refractivity contribution >= 4 is 17.3 Å². The average molecular weight is 255 g/mol. The summed E-state index contributed by atoms with van der Waals surface area (Å²) in [6.07, 6.45) is 0. The molecule has 1 aromatic carbocycles. The van der Waals surface area contributed by atoms with E-state index in [-0.39, 0.29) is 27.9 Å². The van der Waals surface area contributed by atoms with E-state index in [2.05, 4.69) is 0 Å². The van der Waals surface area contributed by atoms with E-state index in [1.165, 1.54) is 6.07 Å². The van der Waals surface area contributed by atoms with Crippen LogP contribution in [-0.2, 0) is 0 Å². The van der Waals surface area contributed by atoms with E-state index in [0.29, 0.717) is 6.61 Å². The Morgan fingerprint density at radius 1 is 1.59 bits per heavy atom. The first-order valence-electron chi connectivity index (χ1n) is 4.96. The van der Waals surface area contributed by atoms with E-state index in [4.69, 9.17) is 21.6 Å². The molecule has 0 atom stereocenters. The summed E-state index contributed by atoms with van der Waals surface area (Å²) in [4.78, 5) is 10.2. The fourth-order valence-electron chi connectivity index (χ4n) is 1.14. The Labute approximate surface area is 104 Å². The van der Waals surface area contributed by atoms with Gasteiger partial charge in [0.2, 0.25) is 0 Å². The molecule has 0 radical (unpaired) electrons. The molecule has 0 aliphatic carbocycles. The summed E-state index contributed by atoms with van der Waals surface area (Å²) < 4.78 is 5.30. The van der Waals surface area contributed by atoms with Crippen LogP contribution in [0.15, 0.2) is 12.1 Å². The number of nitro groups is 1.